The molecule has 0 saturated heterocycles. The van der Waals surface area contributed by atoms with Gasteiger partial charge >= 0.3 is 26.2 Å². The van der Waals surface area contributed by atoms with E-state index in [1.807, 2.05) is 0 Å². The number of benzene rings is 6. The molecule has 0 aromatic heterocycles. The van der Waals surface area contributed by atoms with E-state index >= 15 is 0 Å². The minimum Gasteiger partial charge on any atom is -1.00 e. The van der Waals surface area contributed by atoms with Gasteiger partial charge in [0.05, 0.1) is 0 Å². The van der Waals surface area contributed by atoms with E-state index in [0.29, 0.717) is 11.8 Å². The maximum atomic E-state index is 2.61. The van der Waals surface area contributed by atoms with Crippen LogP contribution in [0.25, 0.3) is 66.1 Å². The van der Waals surface area contributed by atoms with Crippen LogP contribution in [-0.4, -0.2) is 8.07 Å². The molecule has 0 aliphatic rings. The van der Waals surface area contributed by atoms with Gasteiger partial charge in [-0.25, -0.2) is 0 Å². The van der Waals surface area contributed by atoms with E-state index in [1.165, 1.54) is 87.6 Å². The van der Waals surface area contributed by atoms with Gasteiger partial charge in [-0.15, -0.1) is 67.3 Å². The van der Waals surface area contributed by atoms with Gasteiger partial charge in [0.25, 0.3) is 0 Å². The molecule has 56 heavy (non-hydrogen) atoms. The standard InChI is InChI=1S/C52H50Si.2ClH.Zr/c1-7-35(3)37-25-29-41(30-26-37)45-23-15-21-43-33-47(39-17-11-9-12-18-39)51(49(43)45)53(5,6)52-48(40-19-13-10-14-20-40)34-44-22-16-24-46(50(44)52)42-31-27-38(28-32-42)36(4)8-2;;;/h9-36H,7-8H2,1-6H3;2*1H;/q-2;;;+4/p-2. The summed E-state index contributed by atoms with van der Waals surface area (Å²) in [4.78, 5) is 0. The molecule has 0 aliphatic heterocycles. The van der Waals surface area contributed by atoms with E-state index in [0.717, 1.165) is 12.8 Å². The van der Waals surface area contributed by atoms with Gasteiger partial charge in [-0.1, -0.05) is 197 Å². The van der Waals surface area contributed by atoms with Crippen LogP contribution in [0.3, 0.4) is 0 Å². The molecule has 2 atom stereocenters. The third kappa shape index (κ3) is 7.88. The summed E-state index contributed by atoms with van der Waals surface area (Å²) in [6, 6.07) is 59.9. The van der Waals surface area contributed by atoms with Crippen molar-refractivity contribution in [1.82, 2.24) is 0 Å². The minimum absolute atomic E-state index is 0. The Hall–Kier alpha value is -3.78. The van der Waals surface area contributed by atoms with Crippen molar-refractivity contribution >= 4 is 40.0 Å². The van der Waals surface area contributed by atoms with Crippen LogP contribution in [0.15, 0.2) is 158 Å². The van der Waals surface area contributed by atoms with E-state index in [9.17, 15) is 0 Å². The Bertz CT molecular complexity index is 2330. The topological polar surface area (TPSA) is 0 Å². The average Bonchev–Trinajstić information content (AvgIpc) is 3.82. The molecule has 0 fully saturated rings. The fourth-order valence-electron chi connectivity index (χ4n) is 8.71. The Labute approximate surface area is 367 Å². The SMILES string of the molecule is CCC(C)c1ccc(-c2cccc3[cH-]c(-c4ccccc4)c([Si](C)(C)c4c(-c5ccccc5)[cH-]c5cccc(-c6ccc(C(C)CC)cc6)c45)c23)cc1.[Cl-].[Cl-].[Zr+4]. The predicted octanol–water partition coefficient (Wildman–Crippen LogP) is 7.95. The molecule has 0 spiro atoms. The number of fused-ring (bicyclic) bond motifs is 2. The van der Waals surface area contributed by atoms with Crippen molar-refractivity contribution in [2.75, 3.05) is 0 Å². The molecule has 0 radical (unpaired) electrons. The summed E-state index contributed by atoms with van der Waals surface area (Å²) in [7, 11) is -2.53. The van der Waals surface area contributed by atoms with Crippen molar-refractivity contribution in [2.45, 2.75) is 65.5 Å². The van der Waals surface area contributed by atoms with Gasteiger partial charge in [0.2, 0.25) is 0 Å². The second-order valence-electron chi connectivity index (χ2n) is 15.6. The molecule has 0 N–H and O–H groups in total. The Balaban J connectivity index is 0.00000200. The van der Waals surface area contributed by atoms with Gasteiger partial charge in [0, 0.05) is 8.07 Å². The first-order chi connectivity index (χ1) is 25.8. The zero-order valence-corrected chi connectivity index (χ0v) is 38.3. The largest absolute Gasteiger partial charge is 4.00 e. The van der Waals surface area contributed by atoms with E-state index in [4.69, 9.17) is 0 Å². The molecule has 0 saturated carbocycles. The van der Waals surface area contributed by atoms with Crippen LogP contribution in [0.1, 0.15) is 63.5 Å². The van der Waals surface area contributed by atoms with Gasteiger partial charge in [0.15, 0.2) is 0 Å². The normalized spacial score (nSPS) is 12.4. The van der Waals surface area contributed by atoms with Gasteiger partial charge in [0.1, 0.15) is 0 Å². The van der Waals surface area contributed by atoms with Crippen LogP contribution in [0.4, 0.5) is 0 Å². The van der Waals surface area contributed by atoms with Gasteiger partial charge in [-0.3, -0.25) is 0 Å². The third-order valence-corrected chi connectivity index (χ3v) is 15.6. The van der Waals surface area contributed by atoms with Crippen LogP contribution in [0.2, 0.25) is 13.1 Å². The van der Waals surface area contributed by atoms with Crippen molar-refractivity contribution in [3.05, 3.63) is 169 Å². The minimum atomic E-state index is -2.53. The third-order valence-electron chi connectivity index (χ3n) is 12.1. The Morgan fingerprint density at radius 3 is 1.14 bits per heavy atom. The number of halogens is 2. The molecule has 0 aliphatic carbocycles. The monoisotopic (exact) mass is 862 g/mol. The first-order valence-electron chi connectivity index (χ1n) is 19.6. The summed E-state index contributed by atoms with van der Waals surface area (Å²) in [5.41, 5.74) is 13.4. The molecule has 4 heteroatoms. The molecule has 0 bridgehead atoms. The molecular weight excluding hydrogens is 815 g/mol. The average molecular weight is 865 g/mol. The molecule has 0 nitrogen and oxygen atoms in total. The summed E-state index contributed by atoms with van der Waals surface area (Å²) in [6.07, 6.45) is 2.28. The Kier molecular flexibility index (Phi) is 14.1. The molecule has 0 amide bonds. The van der Waals surface area contributed by atoms with Crippen molar-refractivity contribution in [2.24, 2.45) is 0 Å². The number of hydrogen-bond acceptors (Lipinski definition) is 0. The first kappa shape index (κ1) is 43.3. The fourth-order valence-corrected chi connectivity index (χ4v) is 12.6. The second-order valence-corrected chi connectivity index (χ2v) is 19.9. The zero-order chi connectivity index (χ0) is 36.7. The molecule has 8 aromatic rings. The summed E-state index contributed by atoms with van der Waals surface area (Å²) in [6.45, 7) is 14.4. The maximum Gasteiger partial charge on any atom is 4.00 e. The second kappa shape index (κ2) is 18.2. The smallest absolute Gasteiger partial charge is 1.00 e. The fraction of sp³-hybridized carbons (Fsp3) is 0.192. The number of rotatable bonds is 10. The quantitative estimate of drug-likeness (QED) is 0.0969. The van der Waals surface area contributed by atoms with E-state index in [2.05, 4.69) is 199 Å². The Morgan fingerprint density at radius 1 is 0.446 bits per heavy atom. The molecule has 8 aromatic carbocycles. The van der Waals surface area contributed by atoms with Crippen LogP contribution >= 0.6 is 0 Å². The summed E-state index contributed by atoms with van der Waals surface area (Å²) in [5.74, 6) is 1.10. The Morgan fingerprint density at radius 2 is 0.804 bits per heavy atom. The van der Waals surface area contributed by atoms with Crippen LogP contribution in [0.5, 0.6) is 0 Å². The van der Waals surface area contributed by atoms with Crippen LogP contribution in [0, 0.1) is 0 Å². The van der Waals surface area contributed by atoms with E-state index in [1.54, 1.807) is 0 Å². The van der Waals surface area contributed by atoms with Gasteiger partial charge in [-0.05, 0) is 46.9 Å². The molecular formula is C52H50Cl2SiZr. The zero-order valence-electron chi connectivity index (χ0n) is 33.3. The van der Waals surface area contributed by atoms with Gasteiger partial charge < -0.3 is 24.8 Å². The van der Waals surface area contributed by atoms with E-state index in [-0.39, 0.29) is 51.0 Å². The molecule has 2 unspecified atom stereocenters. The van der Waals surface area contributed by atoms with E-state index < -0.39 is 8.07 Å². The molecule has 280 valence electrons. The summed E-state index contributed by atoms with van der Waals surface area (Å²) >= 11 is 0. The van der Waals surface area contributed by atoms with Crippen molar-refractivity contribution < 1.29 is 51.0 Å². The molecule has 8 rings (SSSR count). The van der Waals surface area contributed by atoms with Gasteiger partial charge in [-0.2, -0.15) is 0 Å². The van der Waals surface area contributed by atoms with Crippen LogP contribution in [-0.2, 0) is 26.2 Å². The van der Waals surface area contributed by atoms with Crippen LogP contribution < -0.4 is 35.2 Å². The first-order valence-corrected chi connectivity index (χ1v) is 22.6. The number of hydrogen-bond donors (Lipinski definition) is 0. The van der Waals surface area contributed by atoms with Crippen molar-refractivity contribution in [3.8, 4) is 44.5 Å². The predicted molar refractivity (Wildman–Crippen MR) is 235 cm³/mol. The maximum absolute atomic E-state index is 2.61. The van der Waals surface area contributed by atoms with Crippen molar-refractivity contribution in [3.63, 3.8) is 0 Å². The van der Waals surface area contributed by atoms with Crippen molar-refractivity contribution in [1.29, 1.82) is 0 Å². The summed E-state index contributed by atoms with van der Waals surface area (Å²) in [5, 5.41) is 8.49. The molecule has 0 heterocycles. The summed E-state index contributed by atoms with van der Waals surface area (Å²) < 4.78 is 0.